The maximum absolute atomic E-state index is 13.3. The van der Waals surface area contributed by atoms with E-state index in [2.05, 4.69) is 45.0 Å². The van der Waals surface area contributed by atoms with E-state index in [1.165, 1.54) is 11.6 Å². The molecule has 0 fully saturated rings. The number of benzene rings is 1. The summed E-state index contributed by atoms with van der Waals surface area (Å²) in [6, 6.07) is 7.05. The van der Waals surface area contributed by atoms with Crippen molar-refractivity contribution >= 4 is 15.9 Å². The van der Waals surface area contributed by atoms with Gasteiger partial charge in [-0.05, 0) is 41.9 Å². The van der Waals surface area contributed by atoms with Gasteiger partial charge in [0.1, 0.15) is 5.82 Å². The number of hydrogen-bond acceptors (Lipinski definition) is 1. The molecule has 0 radical (unpaired) electrons. The Morgan fingerprint density at radius 2 is 2.11 bits per heavy atom. The Kier molecular flexibility index (Phi) is 4.55. The third kappa shape index (κ3) is 3.68. The SMILES string of the molecule is CCNCc1ccn(Cc2cc(F)cc(Br)c2)c1. The van der Waals surface area contributed by atoms with Gasteiger partial charge in [0.25, 0.3) is 0 Å². The molecule has 1 aromatic heterocycles. The lowest BCUT2D eigenvalue weighted by Crippen LogP contribution is -2.11. The second kappa shape index (κ2) is 6.16. The van der Waals surface area contributed by atoms with Crippen LogP contribution in [0.1, 0.15) is 18.1 Å². The summed E-state index contributed by atoms with van der Waals surface area (Å²) in [5, 5.41) is 3.28. The predicted molar refractivity (Wildman–Crippen MR) is 75.0 cm³/mol. The minimum Gasteiger partial charge on any atom is -0.350 e. The third-order valence-corrected chi connectivity index (χ3v) is 3.14. The molecule has 0 aliphatic rings. The molecular weight excluding hydrogens is 295 g/mol. The largest absolute Gasteiger partial charge is 0.350 e. The Hall–Kier alpha value is -1.13. The second-order valence-electron chi connectivity index (χ2n) is 4.25. The van der Waals surface area contributed by atoms with Crippen molar-refractivity contribution in [3.8, 4) is 0 Å². The van der Waals surface area contributed by atoms with Gasteiger partial charge in [-0.25, -0.2) is 4.39 Å². The Labute approximate surface area is 115 Å². The first kappa shape index (κ1) is 13.3. The molecule has 0 bridgehead atoms. The van der Waals surface area contributed by atoms with Gasteiger partial charge in [0.05, 0.1) is 0 Å². The van der Waals surface area contributed by atoms with Crippen molar-refractivity contribution in [3.63, 3.8) is 0 Å². The molecule has 0 amide bonds. The summed E-state index contributed by atoms with van der Waals surface area (Å²) in [6.07, 6.45) is 4.10. The molecule has 2 nitrogen and oxygen atoms in total. The number of rotatable bonds is 5. The fourth-order valence-electron chi connectivity index (χ4n) is 1.88. The zero-order valence-electron chi connectivity index (χ0n) is 10.3. The van der Waals surface area contributed by atoms with Gasteiger partial charge in [-0.3, -0.25) is 0 Å². The van der Waals surface area contributed by atoms with Crippen molar-refractivity contribution < 1.29 is 4.39 Å². The van der Waals surface area contributed by atoms with Crippen LogP contribution >= 0.6 is 15.9 Å². The van der Waals surface area contributed by atoms with E-state index in [0.29, 0.717) is 6.54 Å². The molecule has 96 valence electrons. The van der Waals surface area contributed by atoms with Crippen molar-refractivity contribution in [2.24, 2.45) is 0 Å². The highest BCUT2D eigenvalue weighted by molar-refractivity contribution is 9.10. The maximum Gasteiger partial charge on any atom is 0.124 e. The van der Waals surface area contributed by atoms with Gasteiger partial charge in [0, 0.05) is 30.0 Å². The molecule has 4 heteroatoms. The van der Waals surface area contributed by atoms with Crippen molar-refractivity contribution in [1.29, 1.82) is 0 Å². The monoisotopic (exact) mass is 310 g/mol. The number of nitrogens with one attached hydrogen (secondary N) is 1. The van der Waals surface area contributed by atoms with Gasteiger partial charge >= 0.3 is 0 Å². The quantitative estimate of drug-likeness (QED) is 0.893. The number of nitrogens with zero attached hydrogens (tertiary/aromatic N) is 1. The Bertz CT molecular complexity index is 502. The lowest BCUT2D eigenvalue weighted by Gasteiger charge is -2.04. The Morgan fingerprint density at radius 3 is 2.83 bits per heavy atom. The zero-order valence-corrected chi connectivity index (χ0v) is 11.9. The molecule has 0 spiro atoms. The minimum absolute atomic E-state index is 0.209. The lowest BCUT2D eigenvalue weighted by molar-refractivity contribution is 0.622. The Balaban J connectivity index is 2.06. The Morgan fingerprint density at radius 1 is 1.28 bits per heavy atom. The van der Waals surface area contributed by atoms with Gasteiger partial charge in [-0.2, -0.15) is 0 Å². The molecule has 0 atom stereocenters. The van der Waals surface area contributed by atoms with Crippen LogP contribution in [0.3, 0.4) is 0 Å². The molecule has 18 heavy (non-hydrogen) atoms. The highest BCUT2D eigenvalue weighted by atomic mass is 79.9. The maximum atomic E-state index is 13.3. The van der Waals surface area contributed by atoms with Crippen molar-refractivity contribution in [1.82, 2.24) is 9.88 Å². The van der Waals surface area contributed by atoms with Crippen LogP contribution in [0.15, 0.2) is 41.1 Å². The van der Waals surface area contributed by atoms with Crippen LogP contribution in [0.4, 0.5) is 4.39 Å². The molecule has 0 saturated heterocycles. The second-order valence-corrected chi connectivity index (χ2v) is 5.17. The molecular formula is C14H16BrFN2. The van der Waals surface area contributed by atoms with E-state index in [0.717, 1.165) is 23.1 Å². The molecule has 0 aliphatic carbocycles. The van der Waals surface area contributed by atoms with E-state index in [-0.39, 0.29) is 5.82 Å². The summed E-state index contributed by atoms with van der Waals surface area (Å²) < 4.78 is 16.1. The van der Waals surface area contributed by atoms with Crippen LogP contribution in [0, 0.1) is 5.82 Å². The highest BCUT2D eigenvalue weighted by Gasteiger charge is 2.01. The van der Waals surface area contributed by atoms with Crippen LogP contribution in [0.25, 0.3) is 0 Å². The van der Waals surface area contributed by atoms with Crippen LogP contribution in [-0.4, -0.2) is 11.1 Å². The first-order chi connectivity index (χ1) is 8.67. The average molecular weight is 311 g/mol. The summed E-state index contributed by atoms with van der Waals surface area (Å²) in [5.74, 6) is -0.209. The molecule has 0 saturated carbocycles. The average Bonchev–Trinajstić information content (AvgIpc) is 2.72. The summed E-state index contributed by atoms with van der Waals surface area (Å²) in [6.45, 7) is 4.60. The van der Waals surface area contributed by atoms with E-state index >= 15 is 0 Å². The van der Waals surface area contributed by atoms with E-state index in [1.54, 1.807) is 6.07 Å². The number of hydrogen-bond donors (Lipinski definition) is 1. The van der Waals surface area contributed by atoms with E-state index in [9.17, 15) is 4.39 Å². The summed E-state index contributed by atoms with van der Waals surface area (Å²) in [4.78, 5) is 0. The fourth-order valence-corrected chi connectivity index (χ4v) is 2.39. The molecule has 0 aliphatic heterocycles. The van der Waals surface area contributed by atoms with Crippen molar-refractivity contribution in [2.45, 2.75) is 20.0 Å². The molecule has 0 unspecified atom stereocenters. The van der Waals surface area contributed by atoms with Gasteiger partial charge in [0.2, 0.25) is 0 Å². The van der Waals surface area contributed by atoms with Gasteiger partial charge in [-0.15, -0.1) is 0 Å². The highest BCUT2D eigenvalue weighted by Crippen LogP contribution is 2.16. The topological polar surface area (TPSA) is 17.0 Å². The molecule has 1 heterocycles. The van der Waals surface area contributed by atoms with E-state index < -0.39 is 0 Å². The van der Waals surface area contributed by atoms with Crippen molar-refractivity contribution in [2.75, 3.05) is 6.54 Å². The first-order valence-corrected chi connectivity index (χ1v) is 6.77. The van der Waals surface area contributed by atoms with E-state index in [1.807, 2.05) is 12.3 Å². The summed E-state index contributed by atoms with van der Waals surface area (Å²) in [5.41, 5.74) is 2.19. The van der Waals surface area contributed by atoms with E-state index in [4.69, 9.17) is 0 Å². The minimum atomic E-state index is -0.209. The number of halogens is 2. The molecule has 2 aromatic rings. The summed E-state index contributed by atoms with van der Waals surface area (Å²) in [7, 11) is 0. The summed E-state index contributed by atoms with van der Waals surface area (Å²) >= 11 is 3.31. The fraction of sp³-hybridized carbons (Fsp3) is 0.286. The molecule has 1 N–H and O–H groups in total. The van der Waals surface area contributed by atoms with Crippen LogP contribution in [0.5, 0.6) is 0 Å². The first-order valence-electron chi connectivity index (χ1n) is 5.97. The van der Waals surface area contributed by atoms with Gasteiger partial charge < -0.3 is 9.88 Å². The lowest BCUT2D eigenvalue weighted by atomic mass is 10.2. The molecule has 2 rings (SSSR count). The number of aromatic nitrogens is 1. The van der Waals surface area contributed by atoms with Gasteiger partial charge in [0.15, 0.2) is 0 Å². The van der Waals surface area contributed by atoms with Crippen LogP contribution in [0.2, 0.25) is 0 Å². The third-order valence-electron chi connectivity index (χ3n) is 2.68. The van der Waals surface area contributed by atoms with Crippen LogP contribution in [-0.2, 0) is 13.1 Å². The normalized spacial score (nSPS) is 10.8. The zero-order chi connectivity index (χ0) is 13.0. The smallest absolute Gasteiger partial charge is 0.124 e. The van der Waals surface area contributed by atoms with Crippen molar-refractivity contribution in [3.05, 3.63) is 58.1 Å². The van der Waals surface area contributed by atoms with Crippen LogP contribution < -0.4 is 5.32 Å². The van der Waals surface area contributed by atoms with Gasteiger partial charge in [-0.1, -0.05) is 22.9 Å². The standard InChI is InChI=1S/C14H16BrFN2/c1-2-17-8-11-3-4-18(9-11)10-12-5-13(15)7-14(16)6-12/h3-7,9,17H,2,8,10H2,1H3. The molecule has 1 aromatic carbocycles. The predicted octanol–water partition coefficient (Wildman–Crippen LogP) is 3.55.